The summed E-state index contributed by atoms with van der Waals surface area (Å²) in [6.07, 6.45) is 0. The molecule has 0 spiro atoms. The third-order valence-corrected chi connectivity index (χ3v) is 4.17. The van der Waals surface area contributed by atoms with E-state index in [9.17, 15) is 0 Å². The summed E-state index contributed by atoms with van der Waals surface area (Å²) in [6.45, 7) is 0.624. The second kappa shape index (κ2) is 7.23. The molecule has 0 saturated heterocycles. The van der Waals surface area contributed by atoms with E-state index in [-0.39, 0.29) is 6.61 Å². The van der Waals surface area contributed by atoms with Crippen LogP contribution in [0.1, 0.15) is 11.1 Å². The molecule has 3 nitrogen and oxygen atoms in total. The normalized spacial score (nSPS) is 10.5. The molecule has 0 unspecified atom stereocenters. The molecule has 21 heavy (non-hydrogen) atoms. The zero-order valence-electron chi connectivity index (χ0n) is 11.3. The molecule has 112 valence electrons. The van der Waals surface area contributed by atoms with Gasteiger partial charge in [-0.15, -0.1) is 0 Å². The average Bonchev–Trinajstić information content (AvgIpc) is 2.51. The summed E-state index contributed by atoms with van der Waals surface area (Å²) < 4.78 is 11.0. The quantitative estimate of drug-likeness (QED) is 0.799. The van der Waals surface area contributed by atoms with Crippen molar-refractivity contribution in [2.45, 2.75) is 13.2 Å². The van der Waals surface area contributed by atoms with Crippen LogP contribution in [0.2, 0.25) is 15.1 Å². The van der Waals surface area contributed by atoms with Crippen molar-refractivity contribution >= 4 is 34.8 Å². The van der Waals surface area contributed by atoms with Crippen molar-refractivity contribution < 1.29 is 9.47 Å². The molecule has 2 aromatic carbocycles. The highest BCUT2D eigenvalue weighted by atomic mass is 35.5. The number of methoxy groups -OCH3 is 1. The lowest BCUT2D eigenvalue weighted by Gasteiger charge is -2.14. The van der Waals surface area contributed by atoms with Crippen LogP contribution < -0.4 is 15.2 Å². The van der Waals surface area contributed by atoms with Gasteiger partial charge < -0.3 is 15.2 Å². The maximum absolute atomic E-state index is 6.14. The smallest absolute Gasteiger partial charge is 0.161 e. The minimum Gasteiger partial charge on any atom is -0.493 e. The van der Waals surface area contributed by atoms with Gasteiger partial charge in [-0.25, -0.2) is 0 Å². The SMILES string of the molecule is COc1cc(CN)ccc1OCc1c(Cl)ccc(Cl)c1Cl. The van der Waals surface area contributed by atoms with Gasteiger partial charge in [-0.05, 0) is 29.8 Å². The van der Waals surface area contributed by atoms with Gasteiger partial charge in [0.15, 0.2) is 11.5 Å². The van der Waals surface area contributed by atoms with E-state index in [4.69, 9.17) is 50.0 Å². The minimum absolute atomic E-state index is 0.191. The molecule has 2 aromatic rings. The molecule has 2 N–H and O–H groups in total. The van der Waals surface area contributed by atoms with Gasteiger partial charge in [0, 0.05) is 17.1 Å². The number of ether oxygens (including phenoxy) is 2. The van der Waals surface area contributed by atoms with Crippen LogP contribution in [0.5, 0.6) is 11.5 Å². The first-order valence-corrected chi connectivity index (χ1v) is 7.32. The molecule has 0 aliphatic rings. The minimum atomic E-state index is 0.191. The van der Waals surface area contributed by atoms with Crippen LogP contribution in [-0.4, -0.2) is 7.11 Å². The van der Waals surface area contributed by atoms with Crippen LogP contribution >= 0.6 is 34.8 Å². The predicted molar refractivity (Wildman–Crippen MR) is 86.7 cm³/mol. The molecule has 0 aromatic heterocycles. The predicted octanol–water partition coefficient (Wildman–Crippen LogP) is 4.69. The summed E-state index contributed by atoms with van der Waals surface area (Å²) in [7, 11) is 1.57. The Morgan fingerprint density at radius 1 is 1.00 bits per heavy atom. The molecular formula is C15H14Cl3NO2. The Hall–Kier alpha value is -1.13. The Kier molecular flexibility index (Phi) is 5.59. The van der Waals surface area contributed by atoms with Crippen molar-refractivity contribution in [1.29, 1.82) is 0 Å². The van der Waals surface area contributed by atoms with Crippen molar-refractivity contribution in [3.63, 3.8) is 0 Å². The van der Waals surface area contributed by atoms with Gasteiger partial charge in [0.25, 0.3) is 0 Å². The molecular weight excluding hydrogens is 333 g/mol. The van der Waals surface area contributed by atoms with Gasteiger partial charge in [-0.1, -0.05) is 40.9 Å². The zero-order chi connectivity index (χ0) is 15.4. The van der Waals surface area contributed by atoms with Crippen LogP contribution in [0.25, 0.3) is 0 Å². The van der Waals surface area contributed by atoms with E-state index >= 15 is 0 Å². The summed E-state index contributed by atoms with van der Waals surface area (Å²) in [5.41, 5.74) is 7.19. The van der Waals surface area contributed by atoms with E-state index in [0.29, 0.717) is 38.7 Å². The highest BCUT2D eigenvalue weighted by Crippen LogP contribution is 2.34. The molecule has 2 rings (SSSR count). The van der Waals surface area contributed by atoms with Gasteiger partial charge in [-0.2, -0.15) is 0 Å². The second-order valence-electron chi connectivity index (χ2n) is 4.30. The molecule has 0 aliphatic heterocycles. The Labute approximate surface area is 138 Å². The van der Waals surface area contributed by atoms with Crippen molar-refractivity contribution in [1.82, 2.24) is 0 Å². The summed E-state index contributed by atoms with van der Waals surface area (Å²) >= 11 is 18.2. The largest absolute Gasteiger partial charge is 0.493 e. The van der Waals surface area contributed by atoms with Crippen LogP contribution in [-0.2, 0) is 13.2 Å². The number of benzene rings is 2. The van der Waals surface area contributed by atoms with Crippen LogP contribution in [0.15, 0.2) is 30.3 Å². The van der Waals surface area contributed by atoms with E-state index in [1.807, 2.05) is 12.1 Å². The molecule has 0 fully saturated rings. The summed E-state index contributed by atoms with van der Waals surface area (Å²) in [5, 5.41) is 1.33. The summed E-state index contributed by atoms with van der Waals surface area (Å²) in [6, 6.07) is 8.83. The van der Waals surface area contributed by atoms with Crippen LogP contribution in [0, 0.1) is 0 Å². The van der Waals surface area contributed by atoms with E-state index < -0.39 is 0 Å². The van der Waals surface area contributed by atoms with Gasteiger partial charge >= 0.3 is 0 Å². The average molecular weight is 347 g/mol. The highest BCUT2D eigenvalue weighted by molar-refractivity contribution is 6.44. The molecule has 0 aliphatic carbocycles. The monoisotopic (exact) mass is 345 g/mol. The number of rotatable bonds is 5. The molecule has 0 amide bonds. The second-order valence-corrected chi connectivity index (χ2v) is 5.49. The highest BCUT2D eigenvalue weighted by Gasteiger charge is 2.12. The summed E-state index contributed by atoms with van der Waals surface area (Å²) in [5.74, 6) is 1.19. The van der Waals surface area contributed by atoms with Crippen molar-refractivity contribution in [2.75, 3.05) is 7.11 Å². The Bertz CT molecular complexity index is 647. The van der Waals surface area contributed by atoms with Crippen molar-refractivity contribution in [3.05, 3.63) is 56.5 Å². The third-order valence-electron chi connectivity index (χ3n) is 2.97. The van der Waals surface area contributed by atoms with Gasteiger partial charge in [0.2, 0.25) is 0 Å². The molecule has 0 bridgehead atoms. The molecule has 0 atom stereocenters. The van der Waals surface area contributed by atoms with Crippen LogP contribution in [0.4, 0.5) is 0 Å². The maximum Gasteiger partial charge on any atom is 0.161 e. The maximum atomic E-state index is 6.14. The summed E-state index contributed by atoms with van der Waals surface area (Å²) in [4.78, 5) is 0. The number of hydrogen-bond acceptors (Lipinski definition) is 3. The Morgan fingerprint density at radius 2 is 1.71 bits per heavy atom. The van der Waals surface area contributed by atoms with Crippen LogP contribution in [0.3, 0.4) is 0 Å². The zero-order valence-corrected chi connectivity index (χ0v) is 13.6. The van der Waals surface area contributed by atoms with Gasteiger partial charge in [-0.3, -0.25) is 0 Å². The first-order valence-electron chi connectivity index (χ1n) is 6.19. The number of nitrogens with two attached hydrogens (primary N) is 1. The number of halogens is 3. The first-order chi connectivity index (χ1) is 10.1. The molecule has 0 saturated carbocycles. The molecule has 6 heteroatoms. The van der Waals surface area contributed by atoms with Gasteiger partial charge in [0.1, 0.15) is 6.61 Å². The van der Waals surface area contributed by atoms with Crippen molar-refractivity contribution in [2.24, 2.45) is 5.73 Å². The van der Waals surface area contributed by atoms with E-state index in [2.05, 4.69) is 0 Å². The first kappa shape index (κ1) is 16.2. The van der Waals surface area contributed by atoms with Gasteiger partial charge in [0.05, 0.1) is 17.2 Å². The van der Waals surface area contributed by atoms with Crippen molar-refractivity contribution in [3.8, 4) is 11.5 Å². The van der Waals surface area contributed by atoms with E-state index in [1.54, 1.807) is 25.3 Å². The molecule has 0 heterocycles. The lowest BCUT2D eigenvalue weighted by molar-refractivity contribution is 0.284. The Morgan fingerprint density at radius 3 is 2.38 bits per heavy atom. The Balaban J connectivity index is 2.22. The third kappa shape index (κ3) is 3.74. The van der Waals surface area contributed by atoms with E-state index in [0.717, 1.165) is 5.56 Å². The van der Waals surface area contributed by atoms with E-state index in [1.165, 1.54) is 0 Å². The number of hydrogen-bond donors (Lipinski definition) is 1. The fourth-order valence-corrected chi connectivity index (χ4v) is 2.47. The fourth-order valence-electron chi connectivity index (χ4n) is 1.81. The standard InChI is InChI=1S/C15H14Cl3NO2/c1-20-14-6-9(7-19)2-5-13(14)21-8-10-11(16)3-4-12(17)15(10)18/h2-6H,7-8,19H2,1H3. The topological polar surface area (TPSA) is 44.5 Å². The lowest BCUT2D eigenvalue weighted by Crippen LogP contribution is -2.01. The molecule has 0 radical (unpaired) electrons. The lowest BCUT2D eigenvalue weighted by atomic mass is 10.2. The fraction of sp³-hybridized carbons (Fsp3) is 0.200.